The first-order valence-corrected chi connectivity index (χ1v) is 9.50. The molecule has 0 heterocycles. The first-order chi connectivity index (χ1) is 13.0. The number of benzene rings is 1. The minimum absolute atomic E-state index is 0. The van der Waals surface area contributed by atoms with E-state index in [1.807, 2.05) is 39.8 Å². The minimum Gasteiger partial charge on any atom is -0.491 e. The highest BCUT2D eigenvalue weighted by Crippen LogP contribution is 2.20. The van der Waals surface area contributed by atoms with Gasteiger partial charge in [0.05, 0.1) is 6.61 Å². The molecule has 0 saturated carbocycles. The van der Waals surface area contributed by atoms with Gasteiger partial charge < -0.3 is 25.4 Å². The van der Waals surface area contributed by atoms with Crippen LogP contribution in [0.3, 0.4) is 0 Å². The lowest BCUT2D eigenvalue weighted by Crippen LogP contribution is -2.39. The van der Waals surface area contributed by atoms with Crippen LogP contribution in [0.5, 0.6) is 5.75 Å². The second-order valence-electron chi connectivity index (χ2n) is 6.48. The van der Waals surface area contributed by atoms with Gasteiger partial charge >= 0.3 is 0 Å². The van der Waals surface area contributed by atoms with Crippen LogP contribution in [0.25, 0.3) is 0 Å². The maximum Gasteiger partial charge on any atom is 0.221 e. The van der Waals surface area contributed by atoms with Crippen molar-refractivity contribution in [1.82, 2.24) is 16.0 Å². The molecule has 1 aromatic carbocycles. The summed E-state index contributed by atoms with van der Waals surface area (Å²) in [6.45, 7) is 10.8. The molecule has 3 N–H and O–H groups in total. The number of halogens is 1. The fraction of sp³-hybridized carbons (Fsp3) is 0.600. The fourth-order valence-corrected chi connectivity index (χ4v) is 2.39. The topological polar surface area (TPSA) is 84.0 Å². The summed E-state index contributed by atoms with van der Waals surface area (Å²) in [5, 5.41) is 9.28. The van der Waals surface area contributed by atoms with E-state index in [-0.39, 0.29) is 35.9 Å². The van der Waals surface area contributed by atoms with Crippen LogP contribution in [0.1, 0.15) is 38.3 Å². The third-order valence-electron chi connectivity index (χ3n) is 3.68. The summed E-state index contributed by atoms with van der Waals surface area (Å²) in [7, 11) is 1.71. The van der Waals surface area contributed by atoms with Crippen molar-refractivity contribution in [2.24, 2.45) is 4.99 Å². The number of aliphatic imine (C=N–C) groups is 1. The van der Waals surface area contributed by atoms with Crippen molar-refractivity contribution in [3.8, 4) is 5.75 Å². The number of amides is 1. The van der Waals surface area contributed by atoms with Crippen LogP contribution in [0, 0.1) is 6.92 Å². The monoisotopic (exact) mass is 506 g/mol. The number of hydrogen-bond donors (Lipinski definition) is 3. The molecule has 0 aliphatic carbocycles. The molecule has 0 radical (unpaired) electrons. The Balaban J connectivity index is 0.00000729. The zero-order valence-corrected chi connectivity index (χ0v) is 20.0. The lowest BCUT2D eigenvalue weighted by Gasteiger charge is -2.16. The Morgan fingerprint density at radius 1 is 1.21 bits per heavy atom. The summed E-state index contributed by atoms with van der Waals surface area (Å²) < 4.78 is 11.2. The number of carbonyl (C=O) groups is 1. The van der Waals surface area contributed by atoms with E-state index in [0.717, 1.165) is 16.9 Å². The first-order valence-electron chi connectivity index (χ1n) is 9.50. The van der Waals surface area contributed by atoms with Crippen LogP contribution in [0.4, 0.5) is 0 Å². The Kier molecular flexibility index (Phi) is 14.5. The van der Waals surface area contributed by atoms with E-state index < -0.39 is 0 Å². The number of nitrogens with zero attached hydrogens (tertiary/aromatic N) is 1. The van der Waals surface area contributed by atoms with Gasteiger partial charge in [0.1, 0.15) is 12.4 Å². The predicted octanol–water partition coefficient (Wildman–Crippen LogP) is 2.61. The van der Waals surface area contributed by atoms with Crippen molar-refractivity contribution in [2.75, 3.05) is 33.4 Å². The smallest absolute Gasteiger partial charge is 0.221 e. The molecular weight excluding hydrogens is 471 g/mol. The Morgan fingerprint density at radius 3 is 2.61 bits per heavy atom. The van der Waals surface area contributed by atoms with Crippen molar-refractivity contribution in [3.63, 3.8) is 0 Å². The van der Waals surface area contributed by atoms with Gasteiger partial charge in [0.15, 0.2) is 5.96 Å². The first kappa shape index (κ1) is 26.4. The summed E-state index contributed by atoms with van der Waals surface area (Å²) in [4.78, 5) is 15.9. The number of carbonyl (C=O) groups excluding carboxylic acids is 1. The maximum absolute atomic E-state index is 11.7. The molecule has 1 amide bonds. The van der Waals surface area contributed by atoms with Crippen LogP contribution >= 0.6 is 24.0 Å². The van der Waals surface area contributed by atoms with Gasteiger partial charge in [-0.25, -0.2) is 0 Å². The molecule has 0 unspecified atom stereocenters. The molecule has 0 aliphatic rings. The van der Waals surface area contributed by atoms with Gasteiger partial charge in [-0.1, -0.05) is 12.1 Å². The van der Waals surface area contributed by atoms with E-state index in [9.17, 15) is 4.79 Å². The van der Waals surface area contributed by atoms with Gasteiger partial charge in [-0.3, -0.25) is 9.79 Å². The highest BCUT2D eigenvalue weighted by atomic mass is 127. The number of aryl methyl sites for hydroxylation is 1. The van der Waals surface area contributed by atoms with E-state index in [1.165, 1.54) is 0 Å². The minimum atomic E-state index is 0. The molecule has 160 valence electrons. The third-order valence-corrected chi connectivity index (χ3v) is 3.68. The molecule has 28 heavy (non-hydrogen) atoms. The Hall–Kier alpha value is -1.55. The van der Waals surface area contributed by atoms with Crippen LogP contribution in [-0.2, 0) is 16.1 Å². The second-order valence-corrected chi connectivity index (χ2v) is 6.48. The lowest BCUT2D eigenvalue weighted by atomic mass is 10.1. The van der Waals surface area contributed by atoms with Crippen molar-refractivity contribution in [3.05, 3.63) is 29.3 Å². The van der Waals surface area contributed by atoms with Crippen molar-refractivity contribution >= 4 is 35.8 Å². The van der Waals surface area contributed by atoms with Crippen LogP contribution < -0.4 is 20.7 Å². The normalized spacial score (nSPS) is 11.0. The Labute approximate surface area is 186 Å². The zero-order valence-electron chi connectivity index (χ0n) is 17.6. The third kappa shape index (κ3) is 11.3. The van der Waals surface area contributed by atoms with Gasteiger partial charge in [-0.15, -0.1) is 24.0 Å². The average Bonchev–Trinajstić information content (AvgIpc) is 2.62. The standard InChI is InChI=1S/C20H34N4O3.HI/c1-6-26-11-12-27-18-13-16(4)7-8-17(18)14-23-20(21-5)22-10-9-19(25)24-15(2)3;/h7-8,13,15H,6,9-12,14H2,1-5H3,(H,24,25)(H2,21,22,23);1H. The molecule has 0 bridgehead atoms. The van der Waals surface area contributed by atoms with Gasteiger partial charge in [-0.05, 0) is 39.3 Å². The average molecular weight is 506 g/mol. The predicted molar refractivity (Wildman–Crippen MR) is 125 cm³/mol. The van der Waals surface area contributed by atoms with E-state index in [0.29, 0.717) is 45.3 Å². The molecular formula is C20H35IN4O3. The molecule has 0 aliphatic heterocycles. The summed E-state index contributed by atoms with van der Waals surface area (Å²) in [6.07, 6.45) is 0.398. The van der Waals surface area contributed by atoms with Gasteiger partial charge in [0.2, 0.25) is 5.91 Å². The molecule has 0 saturated heterocycles. The molecule has 1 aromatic rings. The molecule has 0 aromatic heterocycles. The summed E-state index contributed by atoms with van der Waals surface area (Å²) in [6, 6.07) is 6.27. The number of ether oxygens (including phenoxy) is 2. The summed E-state index contributed by atoms with van der Waals surface area (Å²) in [5.41, 5.74) is 2.18. The van der Waals surface area contributed by atoms with E-state index in [1.54, 1.807) is 7.05 Å². The second kappa shape index (κ2) is 15.4. The SMILES string of the molecule is CCOCCOc1cc(C)ccc1CNC(=NC)NCCC(=O)NC(C)C.I. The molecule has 1 rings (SSSR count). The number of guanidine groups is 1. The Morgan fingerprint density at radius 2 is 1.96 bits per heavy atom. The van der Waals surface area contributed by atoms with Crippen molar-refractivity contribution in [1.29, 1.82) is 0 Å². The quantitative estimate of drug-likeness (QED) is 0.186. The maximum atomic E-state index is 11.7. The molecule has 7 nitrogen and oxygen atoms in total. The van der Waals surface area contributed by atoms with E-state index in [4.69, 9.17) is 9.47 Å². The highest BCUT2D eigenvalue weighted by molar-refractivity contribution is 14.0. The lowest BCUT2D eigenvalue weighted by molar-refractivity contribution is -0.121. The molecule has 0 fully saturated rings. The van der Waals surface area contributed by atoms with Crippen molar-refractivity contribution < 1.29 is 14.3 Å². The molecule has 8 heteroatoms. The number of hydrogen-bond acceptors (Lipinski definition) is 4. The van der Waals surface area contributed by atoms with Crippen LogP contribution in [0.2, 0.25) is 0 Å². The highest BCUT2D eigenvalue weighted by Gasteiger charge is 2.07. The van der Waals surface area contributed by atoms with Crippen LogP contribution in [-0.4, -0.2) is 51.3 Å². The van der Waals surface area contributed by atoms with Gasteiger partial charge in [0.25, 0.3) is 0 Å². The molecule has 0 spiro atoms. The van der Waals surface area contributed by atoms with Crippen molar-refractivity contribution in [2.45, 2.75) is 46.7 Å². The molecule has 0 atom stereocenters. The largest absolute Gasteiger partial charge is 0.491 e. The summed E-state index contributed by atoms with van der Waals surface area (Å²) in [5.74, 6) is 1.51. The van der Waals surface area contributed by atoms with E-state index in [2.05, 4.69) is 27.0 Å². The Bertz CT molecular complexity index is 609. The van der Waals surface area contributed by atoms with Crippen LogP contribution in [0.15, 0.2) is 23.2 Å². The number of nitrogens with one attached hydrogen (secondary N) is 3. The summed E-state index contributed by atoms with van der Waals surface area (Å²) >= 11 is 0. The van der Waals surface area contributed by atoms with Gasteiger partial charge in [-0.2, -0.15) is 0 Å². The number of rotatable bonds is 11. The fourth-order valence-electron chi connectivity index (χ4n) is 2.39. The zero-order chi connectivity index (χ0) is 20.1. The van der Waals surface area contributed by atoms with E-state index >= 15 is 0 Å². The van der Waals surface area contributed by atoms with Gasteiger partial charge in [0, 0.05) is 44.8 Å².